The van der Waals surface area contributed by atoms with Gasteiger partial charge in [-0.3, -0.25) is 0 Å². The summed E-state index contributed by atoms with van der Waals surface area (Å²) in [6.07, 6.45) is 1.07. The lowest BCUT2D eigenvalue weighted by atomic mass is 9.85. The summed E-state index contributed by atoms with van der Waals surface area (Å²) >= 11 is 6.00. The van der Waals surface area contributed by atoms with E-state index in [-0.39, 0.29) is 5.97 Å². The summed E-state index contributed by atoms with van der Waals surface area (Å²) < 4.78 is 5.04. The van der Waals surface area contributed by atoms with Crippen molar-refractivity contribution in [1.29, 1.82) is 0 Å². The van der Waals surface area contributed by atoms with Crippen molar-refractivity contribution in [3.8, 4) is 0 Å². The number of carbonyl (C=O) groups excluding carboxylic acids is 1. The Morgan fingerprint density at radius 3 is 2.73 bits per heavy atom. The third kappa shape index (κ3) is 4.07. The van der Waals surface area contributed by atoms with Gasteiger partial charge in [0.25, 0.3) is 0 Å². The van der Waals surface area contributed by atoms with Gasteiger partial charge in [-0.05, 0) is 37.0 Å². The molecule has 2 unspecified atom stereocenters. The summed E-state index contributed by atoms with van der Waals surface area (Å²) in [5.41, 5.74) is 8.60. The number of halogens is 1. The van der Waals surface area contributed by atoms with Gasteiger partial charge < -0.3 is 15.4 Å². The molecule has 0 bridgehead atoms. The van der Waals surface area contributed by atoms with Crippen LogP contribution in [0.3, 0.4) is 0 Å². The number of nitrogens with two attached hydrogens (primary N) is 1. The first-order valence-electron chi connectivity index (χ1n) is 8.78. The van der Waals surface area contributed by atoms with E-state index in [0.717, 1.165) is 25.2 Å². The van der Waals surface area contributed by atoms with Crippen molar-refractivity contribution < 1.29 is 9.53 Å². The van der Waals surface area contributed by atoms with Crippen LogP contribution in [0.4, 0.5) is 11.5 Å². The van der Waals surface area contributed by atoms with Gasteiger partial charge in [-0.25, -0.2) is 4.79 Å². The van der Waals surface area contributed by atoms with E-state index in [0.29, 0.717) is 35.0 Å². The summed E-state index contributed by atoms with van der Waals surface area (Å²) in [6, 6.07) is 9.44. The second-order valence-corrected chi connectivity index (χ2v) is 7.11. The molecular weight excluding hydrogens is 352 g/mol. The monoisotopic (exact) mass is 374 g/mol. The Kier molecular flexibility index (Phi) is 5.61. The number of hydrogen-bond acceptors (Lipinski definition) is 6. The molecule has 26 heavy (non-hydrogen) atoms. The number of ether oxygens (including phenoxy) is 1. The molecule has 3 rings (SSSR count). The lowest BCUT2D eigenvalue weighted by Crippen LogP contribution is -2.39. The molecule has 2 aromatic rings. The van der Waals surface area contributed by atoms with Crippen molar-refractivity contribution in [1.82, 2.24) is 10.2 Å². The number of nitrogen functional groups attached to an aromatic ring is 1. The third-order valence-corrected chi connectivity index (χ3v) is 4.85. The molecule has 1 aliphatic heterocycles. The zero-order chi connectivity index (χ0) is 18.7. The normalized spacial score (nSPS) is 20.0. The highest BCUT2D eigenvalue weighted by atomic mass is 35.5. The minimum atomic E-state index is -0.289. The third-order valence-electron chi connectivity index (χ3n) is 4.67. The van der Waals surface area contributed by atoms with Crippen LogP contribution in [0.25, 0.3) is 0 Å². The van der Waals surface area contributed by atoms with Crippen molar-refractivity contribution in [2.45, 2.75) is 26.2 Å². The van der Waals surface area contributed by atoms with Crippen molar-refractivity contribution in [2.24, 2.45) is 5.92 Å². The molecule has 0 spiro atoms. The highest BCUT2D eigenvalue weighted by Crippen LogP contribution is 2.35. The number of hydrogen-bond donors (Lipinski definition) is 1. The van der Waals surface area contributed by atoms with Crippen LogP contribution < -0.4 is 10.6 Å². The van der Waals surface area contributed by atoms with E-state index < -0.39 is 0 Å². The quantitative estimate of drug-likeness (QED) is 0.824. The van der Waals surface area contributed by atoms with E-state index in [1.165, 1.54) is 5.56 Å². The molecule has 2 atom stereocenters. The van der Waals surface area contributed by atoms with Crippen molar-refractivity contribution in [2.75, 3.05) is 30.3 Å². The average Bonchev–Trinajstić information content (AvgIpc) is 2.63. The molecule has 7 heteroatoms. The van der Waals surface area contributed by atoms with Crippen molar-refractivity contribution >= 4 is 29.1 Å². The number of aromatic nitrogens is 2. The lowest BCUT2D eigenvalue weighted by molar-refractivity contribution is 0.0526. The highest BCUT2D eigenvalue weighted by molar-refractivity contribution is 6.29. The second kappa shape index (κ2) is 7.91. The molecule has 0 amide bonds. The van der Waals surface area contributed by atoms with Gasteiger partial charge in [-0.2, -0.15) is 0 Å². The average molecular weight is 375 g/mol. The number of rotatable bonds is 4. The van der Waals surface area contributed by atoms with E-state index in [4.69, 9.17) is 22.1 Å². The topological polar surface area (TPSA) is 81.3 Å². The molecule has 1 aromatic heterocycles. The van der Waals surface area contributed by atoms with Gasteiger partial charge in [0.05, 0.1) is 17.9 Å². The van der Waals surface area contributed by atoms with Crippen molar-refractivity contribution in [3.05, 3.63) is 46.6 Å². The fourth-order valence-corrected chi connectivity index (χ4v) is 3.66. The molecule has 1 aromatic carbocycles. The van der Waals surface area contributed by atoms with E-state index in [1.807, 2.05) is 24.3 Å². The Balaban J connectivity index is 1.80. The molecule has 6 nitrogen and oxygen atoms in total. The fraction of sp³-hybridized carbons (Fsp3) is 0.421. The maximum absolute atomic E-state index is 11.8. The summed E-state index contributed by atoms with van der Waals surface area (Å²) in [7, 11) is 0. The summed E-state index contributed by atoms with van der Waals surface area (Å²) in [5, 5.41) is 8.06. The van der Waals surface area contributed by atoms with Crippen LogP contribution in [0.15, 0.2) is 30.3 Å². The standard InChI is InChI=1S/C19H23ClN4O2/c1-3-26-19(25)14-6-4-13(5-7-14)15-8-12(2)10-24(11-15)16-9-17(20)22-23-18(16)21/h4-7,9,12,15H,3,8,10-11H2,1-2H3,(H2,21,23). The first kappa shape index (κ1) is 18.5. The molecular formula is C19H23ClN4O2. The number of nitrogens with zero attached hydrogens (tertiary/aromatic N) is 3. The minimum Gasteiger partial charge on any atom is -0.462 e. The van der Waals surface area contributed by atoms with Crippen LogP contribution >= 0.6 is 11.6 Å². The maximum atomic E-state index is 11.8. The number of esters is 1. The molecule has 1 fully saturated rings. The predicted octanol–water partition coefficient (Wildman–Crippen LogP) is 3.52. The molecule has 0 aliphatic carbocycles. The second-order valence-electron chi connectivity index (χ2n) is 6.72. The Bertz CT molecular complexity index is 782. The summed E-state index contributed by atoms with van der Waals surface area (Å²) in [5.74, 6) is 0.925. The van der Waals surface area contributed by atoms with Gasteiger partial charge in [-0.15, -0.1) is 10.2 Å². The van der Waals surface area contributed by atoms with Crippen molar-refractivity contribution in [3.63, 3.8) is 0 Å². The Hall–Kier alpha value is -2.34. The van der Waals surface area contributed by atoms with E-state index in [2.05, 4.69) is 22.0 Å². The number of anilines is 2. The predicted molar refractivity (Wildman–Crippen MR) is 103 cm³/mol. The zero-order valence-corrected chi connectivity index (χ0v) is 15.7. The van der Waals surface area contributed by atoms with Crippen LogP contribution in [0, 0.1) is 5.92 Å². The Morgan fingerprint density at radius 2 is 2.04 bits per heavy atom. The van der Waals surface area contributed by atoms with Gasteiger partial charge in [0.2, 0.25) is 0 Å². The van der Waals surface area contributed by atoms with Gasteiger partial charge >= 0.3 is 5.97 Å². The van der Waals surface area contributed by atoms with Crippen LogP contribution in [-0.2, 0) is 4.74 Å². The molecule has 1 saturated heterocycles. The first-order chi connectivity index (χ1) is 12.5. The number of carbonyl (C=O) groups is 1. The molecule has 138 valence electrons. The van der Waals surface area contributed by atoms with E-state index in [9.17, 15) is 4.79 Å². The van der Waals surface area contributed by atoms with Crippen LogP contribution in [0.5, 0.6) is 0 Å². The smallest absolute Gasteiger partial charge is 0.338 e. The Morgan fingerprint density at radius 1 is 1.31 bits per heavy atom. The zero-order valence-electron chi connectivity index (χ0n) is 15.0. The number of piperidine rings is 1. The molecule has 0 saturated carbocycles. The van der Waals surface area contributed by atoms with Gasteiger partial charge in [0.15, 0.2) is 11.0 Å². The summed E-state index contributed by atoms with van der Waals surface area (Å²) in [4.78, 5) is 14.0. The van der Waals surface area contributed by atoms with Gasteiger partial charge in [-0.1, -0.05) is 30.7 Å². The summed E-state index contributed by atoms with van der Waals surface area (Å²) in [6.45, 7) is 6.10. The van der Waals surface area contributed by atoms with Crippen LogP contribution in [0.2, 0.25) is 5.15 Å². The van der Waals surface area contributed by atoms with E-state index >= 15 is 0 Å². The maximum Gasteiger partial charge on any atom is 0.338 e. The molecule has 1 aliphatic rings. The van der Waals surface area contributed by atoms with E-state index in [1.54, 1.807) is 13.0 Å². The number of benzene rings is 1. The largest absolute Gasteiger partial charge is 0.462 e. The van der Waals surface area contributed by atoms with Crippen LogP contribution in [-0.4, -0.2) is 35.9 Å². The minimum absolute atomic E-state index is 0.289. The fourth-order valence-electron chi connectivity index (χ4n) is 3.52. The SMILES string of the molecule is CCOC(=O)c1ccc(C2CC(C)CN(c3cc(Cl)nnc3N)C2)cc1. The van der Waals surface area contributed by atoms with Gasteiger partial charge in [0, 0.05) is 25.1 Å². The highest BCUT2D eigenvalue weighted by Gasteiger charge is 2.27. The molecule has 2 N–H and O–H groups in total. The molecule has 0 radical (unpaired) electrons. The van der Waals surface area contributed by atoms with Gasteiger partial charge in [0.1, 0.15) is 0 Å². The molecule has 2 heterocycles. The Labute approximate surface area is 158 Å². The van der Waals surface area contributed by atoms with Crippen LogP contribution in [0.1, 0.15) is 42.1 Å². The first-order valence-corrected chi connectivity index (χ1v) is 9.16. The lowest BCUT2D eigenvalue weighted by Gasteiger charge is -2.38.